The monoisotopic (exact) mass is 416 g/mol. The molecule has 1 aliphatic rings. The van der Waals surface area contributed by atoms with Crippen LogP contribution in [-0.2, 0) is 4.74 Å². The topological polar surface area (TPSA) is 134 Å². The van der Waals surface area contributed by atoms with Crippen molar-refractivity contribution < 1.29 is 19.6 Å². The molecule has 0 unspecified atom stereocenters. The number of hydrogen-bond donors (Lipinski definition) is 2. The fourth-order valence-electron chi connectivity index (χ4n) is 3.23. The summed E-state index contributed by atoms with van der Waals surface area (Å²) in [6.07, 6.45) is 1.29. The van der Waals surface area contributed by atoms with Gasteiger partial charge in [-0.2, -0.15) is 0 Å². The molecule has 160 valence electrons. The predicted molar refractivity (Wildman–Crippen MR) is 110 cm³/mol. The van der Waals surface area contributed by atoms with Gasteiger partial charge in [0, 0.05) is 38.4 Å². The molecule has 0 amide bonds. The van der Waals surface area contributed by atoms with Gasteiger partial charge in [0.15, 0.2) is 0 Å². The zero-order valence-corrected chi connectivity index (χ0v) is 16.7. The number of anilines is 3. The lowest BCUT2D eigenvalue weighted by molar-refractivity contribution is -0.383. The Morgan fingerprint density at radius 3 is 2.53 bits per heavy atom. The molecule has 0 atom stereocenters. The summed E-state index contributed by atoms with van der Waals surface area (Å²) in [6.45, 7) is 5.15. The molecular weight excluding hydrogens is 392 g/mol. The van der Waals surface area contributed by atoms with Crippen LogP contribution in [0.1, 0.15) is 17.3 Å². The molecule has 0 radical (unpaired) electrons. The third-order valence-electron chi connectivity index (χ3n) is 4.73. The number of carbonyl (C=O) groups excluding carboxylic acids is 1. The second kappa shape index (κ2) is 9.94. The molecule has 3 rings (SSSR count). The van der Waals surface area contributed by atoms with E-state index in [0.29, 0.717) is 44.0 Å². The normalized spacial score (nSPS) is 14.4. The van der Waals surface area contributed by atoms with Gasteiger partial charge in [-0.15, -0.1) is 0 Å². The highest BCUT2D eigenvalue weighted by Crippen LogP contribution is 2.34. The van der Waals surface area contributed by atoms with Crippen molar-refractivity contribution in [2.24, 2.45) is 0 Å². The number of benzene rings is 1. The second-order valence-corrected chi connectivity index (χ2v) is 6.63. The quantitative estimate of drug-likeness (QED) is 0.369. The first-order valence-electron chi connectivity index (χ1n) is 9.65. The lowest BCUT2D eigenvalue weighted by atomic mass is 10.2. The van der Waals surface area contributed by atoms with E-state index in [2.05, 4.69) is 20.2 Å². The molecule has 30 heavy (non-hydrogen) atoms. The number of nitro groups is 1. The van der Waals surface area contributed by atoms with Crippen LogP contribution in [0.15, 0.2) is 30.6 Å². The number of aliphatic hydroxyl groups is 1. The highest BCUT2D eigenvalue weighted by atomic mass is 16.6. The lowest BCUT2D eigenvalue weighted by Gasteiger charge is -2.34. The third-order valence-corrected chi connectivity index (χ3v) is 4.73. The molecular formula is C19H24N6O5. The average molecular weight is 416 g/mol. The van der Waals surface area contributed by atoms with Gasteiger partial charge < -0.3 is 20.1 Å². The van der Waals surface area contributed by atoms with Crippen molar-refractivity contribution in [3.8, 4) is 0 Å². The number of piperazine rings is 1. The van der Waals surface area contributed by atoms with E-state index < -0.39 is 10.9 Å². The van der Waals surface area contributed by atoms with Gasteiger partial charge in [0.25, 0.3) is 0 Å². The molecule has 1 saturated heterocycles. The van der Waals surface area contributed by atoms with Gasteiger partial charge in [-0.3, -0.25) is 15.0 Å². The first-order valence-corrected chi connectivity index (χ1v) is 9.65. The number of hydrogen-bond acceptors (Lipinski definition) is 10. The molecule has 0 saturated carbocycles. The van der Waals surface area contributed by atoms with Crippen LogP contribution in [0.3, 0.4) is 0 Å². The summed E-state index contributed by atoms with van der Waals surface area (Å²) >= 11 is 0. The fourth-order valence-corrected chi connectivity index (χ4v) is 3.23. The minimum absolute atomic E-state index is 0.0756. The highest BCUT2D eigenvalue weighted by molar-refractivity contribution is 5.90. The SMILES string of the molecule is CCOC(=O)c1ccc(Nc2ncnc(N3CCN(CCO)CC3)c2[N+](=O)[O-])cc1. The van der Waals surface area contributed by atoms with Crippen LogP contribution in [0.4, 0.5) is 23.0 Å². The Morgan fingerprint density at radius 1 is 1.23 bits per heavy atom. The van der Waals surface area contributed by atoms with Gasteiger partial charge in [0.2, 0.25) is 11.6 Å². The van der Waals surface area contributed by atoms with E-state index in [-0.39, 0.29) is 30.5 Å². The largest absolute Gasteiger partial charge is 0.462 e. The Kier molecular flexibility index (Phi) is 7.09. The van der Waals surface area contributed by atoms with E-state index in [1.807, 2.05) is 4.90 Å². The standard InChI is InChI=1S/C19H24N6O5/c1-2-30-19(27)14-3-5-15(6-4-14)22-17-16(25(28)29)18(21-13-20-17)24-9-7-23(8-10-24)11-12-26/h3-6,13,26H,2,7-12H2,1H3,(H,20,21,22). The number of esters is 1. The van der Waals surface area contributed by atoms with Gasteiger partial charge in [0.1, 0.15) is 6.33 Å². The van der Waals surface area contributed by atoms with Gasteiger partial charge in [-0.25, -0.2) is 14.8 Å². The molecule has 2 aromatic rings. The van der Waals surface area contributed by atoms with E-state index in [9.17, 15) is 14.9 Å². The van der Waals surface area contributed by atoms with Crippen molar-refractivity contribution in [3.63, 3.8) is 0 Å². The van der Waals surface area contributed by atoms with E-state index >= 15 is 0 Å². The minimum Gasteiger partial charge on any atom is -0.462 e. The summed E-state index contributed by atoms with van der Waals surface area (Å²) < 4.78 is 4.95. The van der Waals surface area contributed by atoms with Gasteiger partial charge in [0.05, 0.1) is 23.7 Å². The molecule has 0 aliphatic carbocycles. The van der Waals surface area contributed by atoms with Crippen molar-refractivity contribution in [1.82, 2.24) is 14.9 Å². The van der Waals surface area contributed by atoms with Gasteiger partial charge in [-0.05, 0) is 31.2 Å². The summed E-state index contributed by atoms with van der Waals surface area (Å²) in [5.41, 5.74) is 0.729. The summed E-state index contributed by atoms with van der Waals surface area (Å²) in [6, 6.07) is 6.42. The maximum Gasteiger partial charge on any atom is 0.353 e. The predicted octanol–water partition coefficient (Wildman–Crippen LogP) is 1.42. The van der Waals surface area contributed by atoms with E-state index in [0.717, 1.165) is 0 Å². The first kappa shape index (κ1) is 21.4. The van der Waals surface area contributed by atoms with E-state index in [1.165, 1.54) is 6.33 Å². The number of rotatable bonds is 8. The number of aliphatic hydroxyl groups excluding tert-OH is 1. The molecule has 11 nitrogen and oxygen atoms in total. The van der Waals surface area contributed by atoms with Crippen molar-refractivity contribution in [2.75, 3.05) is 56.2 Å². The summed E-state index contributed by atoms with van der Waals surface area (Å²) in [4.78, 5) is 35.2. The van der Waals surface area contributed by atoms with E-state index in [4.69, 9.17) is 9.84 Å². The number of ether oxygens (including phenoxy) is 1. The van der Waals surface area contributed by atoms with Crippen LogP contribution in [0.25, 0.3) is 0 Å². The minimum atomic E-state index is -0.495. The number of nitrogens with zero attached hydrogens (tertiary/aromatic N) is 5. The fraction of sp³-hybridized carbons (Fsp3) is 0.421. The molecule has 2 N–H and O–H groups in total. The highest BCUT2D eigenvalue weighted by Gasteiger charge is 2.29. The molecule has 1 aliphatic heterocycles. The zero-order valence-electron chi connectivity index (χ0n) is 16.7. The van der Waals surface area contributed by atoms with Gasteiger partial charge in [-0.1, -0.05) is 0 Å². The van der Waals surface area contributed by atoms with E-state index in [1.54, 1.807) is 31.2 Å². The van der Waals surface area contributed by atoms with Crippen molar-refractivity contribution in [3.05, 3.63) is 46.3 Å². The Balaban J connectivity index is 1.80. The zero-order chi connectivity index (χ0) is 21.5. The van der Waals surface area contributed by atoms with Gasteiger partial charge >= 0.3 is 11.7 Å². The molecule has 1 aromatic heterocycles. The van der Waals surface area contributed by atoms with Crippen LogP contribution >= 0.6 is 0 Å². The molecule has 11 heteroatoms. The Bertz CT molecular complexity index is 883. The molecule has 0 spiro atoms. The summed E-state index contributed by atoms with van der Waals surface area (Å²) in [5.74, 6) is -0.101. The van der Waals surface area contributed by atoms with Crippen molar-refractivity contribution in [2.45, 2.75) is 6.92 Å². The van der Waals surface area contributed by atoms with Crippen LogP contribution < -0.4 is 10.2 Å². The number of nitrogens with one attached hydrogen (secondary N) is 1. The van der Waals surface area contributed by atoms with Crippen LogP contribution in [-0.4, -0.2) is 76.8 Å². The molecule has 2 heterocycles. The maximum atomic E-state index is 11.8. The summed E-state index contributed by atoms with van der Waals surface area (Å²) in [5, 5.41) is 23.8. The second-order valence-electron chi connectivity index (χ2n) is 6.63. The summed E-state index contributed by atoms with van der Waals surface area (Å²) in [7, 11) is 0. The smallest absolute Gasteiger partial charge is 0.353 e. The molecule has 1 aromatic carbocycles. The maximum absolute atomic E-state index is 11.8. The first-order chi connectivity index (χ1) is 14.5. The number of carbonyl (C=O) groups is 1. The third kappa shape index (κ3) is 4.99. The number of β-amino-alcohol motifs (C(OH)–C–C–N with tert-alkyl or cyclic N) is 1. The Labute approximate surface area is 173 Å². The van der Waals surface area contributed by atoms with Crippen LogP contribution in [0.5, 0.6) is 0 Å². The Hall–Kier alpha value is -3.31. The van der Waals surface area contributed by atoms with Crippen molar-refractivity contribution in [1.29, 1.82) is 0 Å². The molecule has 1 fully saturated rings. The van der Waals surface area contributed by atoms with Crippen LogP contribution in [0, 0.1) is 10.1 Å². The van der Waals surface area contributed by atoms with Crippen LogP contribution in [0.2, 0.25) is 0 Å². The Morgan fingerprint density at radius 2 is 1.93 bits per heavy atom. The lowest BCUT2D eigenvalue weighted by Crippen LogP contribution is -2.47. The molecule has 0 bridgehead atoms. The average Bonchev–Trinajstić information content (AvgIpc) is 2.75. The number of aromatic nitrogens is 2. The van der Waals surface area contributed by atoms with Crippen molar-refractivity contribution >= 4 is 29.0 Å².